The summed E-state index contributed by atoms with van der Waals surface area (Å²) in [5.41, 5.74) is 2.00. The van der Waals surface area contributed by atoms with E-state index in [2.05, 4.69) is 20.6 Å². The minimum absolute atomic E-state index is 0.628. The fourth-order valence-corrected chi connectivity index (χ4v) is 2.19. The first kappa shape index (κ1) is 17.0. The fourth-order valence-electron chi connectivity index (χ4n) is 2.19. The number of hydrogen-bond donors (Lipinski definition) is 2. The van der Waals surface area contributed by atoms with Crippen LogP contribution in [0, 0.1) is 6.92 Å². The van der Waals surface area contributed by atoms with Gasteiger partial charge in [0.25, 0.3) is 0 Å². The Bertz CT molecular complexity index is 619. The molecule has 0 unspecified atom stereocenters. The number of aryl methyl sites for hydroxylation is 1. The van der Waals surface area contributed by atoms with Gasteiger partial charge in [-0.1, -0.05) is 18.2 Å². The number of nitrogens with zero attached hydrogens (tertiary/aromatic N) is 2. The van der Waals surface area contributed by atoms with Gasteiger partial charge in [-0.2, -0.15) is 4.98 Å². The Kier molecular flexibility index (Phi) is 6.62. The molecule has 2 rings (SSSR count). The van der Waals surface area contributed by atoms with Crippen molar-refractivity contribution in [3.63, 3.8) is 0 Å². The molecular weight excluding hydrogens is 292 g/mol. The van der Waals surface area contributed by atoms with Gasteiger partial charge >= 0.3 is 0 Å². The molecule has 6 heteroatoms. The van der Waals surface area contributed by atoms with Crippen LogP contribution in [0.4, 0.5) is 11.8 Å². The van der Waals surface area contributed by atoms with E-state index in [1.807, 2.05) is 37.3 Å². The molecule has 0 radical (unpaired) electrons. The van der Waals surface area contributed by atoms with Gasteiger partial charge in [-0.05, 0) is 19.4 Å². The third kappa shape index (κ3) is 5.41. The number of para-hydroxylation sites is 1. The second-order valence-electron chi connectivity index (χ2n) is 5.16. The number of benzene rings is 1. The summed E-state index contributed by atoms with van der Waals surface area (Å²) in [6.07, 6.45) is 0.914. The molecule has 2 N–H and O–H groups in total. The zero-order chi connectivity index (χ0) is 16.5. The summed E-state index contributed by atoms with van der Waals surface area (Å²) in [6.45, 7) is 4.10. The van der Waals surface area contributed by atoms with E-state index in [4.69, 9.17) is 9.47 Å². The van der Waals surface area contributed by atoms with Crippen molar-refractivity contribution in [2.75, 3.05) is 38.0 Å². The zero-order valence-electron chi connectivity index (χ0n) is 13.9. The second kappa shape index (κ2) is 8.95. The SMILES string of the molecule is COCCCNc1nc(C)cc(NCc2ccccc2OC)n1. The van der Waals surface area contributed by atoms with Crippen molar-refractivity contribution in [1.82, 2.24) is 9.97 Å². The maximum absolute atomic E-state index is 5.36. The maximum Gasteiger partial charge on any atom is 0.224 e. The van der Waals surface area contributed by atoms with Crippen LogP contribution in [0.2, 0.25) is 0 Å². The van der Waals surface area contributed by atoms with E-state index in [9.17, 15) is 0 Å². The molecule has 0 amide bonds. The number of aromatic nitrogens is 2. The molecule has 0 saturated carbocycles. The average Bonchev–Trinajstić information content (AvgIpc) is 2.57. The molecule has 0 spiro atoms. The summed E-state index contributed by atoms with van der Waals surface area (Å²) in [5, 5.41) is 6.54. The average molecular weight is 316 g/mol. The van der Waals surface area contributed by atoms with E-state index < -0.39 is 0 Å². The van der Waals surface area contributed by atoms with E-state index in [0.29, 0.717) is 12.5 Å². The Morgan fingerprint density at radius 1 is 1.09 bits per heavy atom. The normalized spacial score (nSPS) is 10.4. The van der Waals surface area contributed by atoms with Crippen LogP contribution in [0.15, 0.2) is 30.3 Å². The molecule has 0 atom stereocenters. The number of rotatable bonds is 9. The first-order chi connectivity index (χ1) is 11.2. The molecular formula is C17H24N4O2. The van der Waals surface area contributed by atoms with Gasteiger partial charge in [-0.15, -0.1) is 0 Å². The van der Waals surface area contributed by atoms with Crippen LogP contribution >= 0.6 is 0 Å². The molecule has 2 aromatic rings. The first-order valence-corrected chi connectivity index (χ1v) is 7.67. The van der Waals surface area contributed by atoms with Crippen molar-refractivity contribution in [3.05, 3.63) is 41.6 Å². The Morgan fingerprint density at radius 3 is 2.70 bits per heavy atom. The van der Waals surface area contributed by atoms with Gasteiger partial charge in [0, 0.05) is 44.1 Å². The molecule has 0 aliphatic carbocycles. The lowest BCUT2D eigenvalue weighted by Crippen LogP contribution is -2.10. The molecule has 0 bridgehead atoms. The highest BCUT2D eigenvalue weighted by molar-refractivity contribution is 5.44. The van der Waals surface area contributed by atoms with Gasteiger partial charge in [-0.3, -0.25) is 0 Å². The molecule has 1 aromatic carbocycles. The highest BCUT2D eigenvalue weighted by Gasteiger charge is 2.04. The molecule has 1 aromatic heterocycles. The molecule has 6 nitrogen and oxygen atoms in total. The summed E-state index contributed by atoms with van der Waals surface area (Å²) in [6, 6.07) is 9.86. The molecule has 124 valence electrons. The van der Waals surface area contributed by atoms with E-state index >= 15 is 0 Å². The van der Waals surface area contributed by atoms with Gasteiger partial charge in [0.1, 0.15) is 11.6 Å². The number of anilines is 2. The minimum atomic E-state index is 0.628. The Hall–Kier alpha value is -2.34. The van der Waals surface area contributed by atoms with E-state index in [-0.39, 0.29) is 0 Å². The van der Waals surface area contributed by atoms with E-state index in [1.165, 1.54) is 0 Å². The van der Waals surface area contributed by atoms with Gasteiger partial charge in [-0.25, -0.2) is 4.98 Å². The van der Waals surface area contributed by atoms with Crippen molar-refractivity contribution in [2.24, 2.45) is 0 Å². The van der Waals surface area contributed by atoms with Crippen LogP contribution in [0.5, 0.6) is 5.75 Å². The van der Waals surface area contributed by atoms with Crippen molar-refractivity contribution >= 4 is 11.8 Å². The first-order valence-electron chi connectivity index (χ1n) is 7.67. The molecule has 0 saturated heterocycles. The van der Waals surface area contributed by atoms with Gasteiger partial charge in [0.15, 0.2) is 0 Å². The quantitative estimate of drug-likeness (QED) is 0.693. The number of hydrogen-bond acceptors (Lipinski definition) is 6. The van der Waals surface area contributed by atoms with Crippen molar-refractivity contribution in [2.45, 2.75) is 19.9 Å². The van der Waals surface area contributed by atoms with Crippen LogP contribution in [0.25, 0.3) is 0 Å². The van der Waals surface area contributed by atoms with Crippen LogP contribution < -0.4 is 15.4 Å². The standard InChI is InChI=1S/C17H24N4O2/c1-13-11-16(21-17(20-13)18-9-6-10-22-2)19-12-14-7-4-5-8-15(14)23-3/h4-5,7-8,11H,6,9-10,12H2,1-3H3,(H2,18,19,20,21). The van der Waals surface area contributed by atoms with Crippen molar-refractivity contribution in [1.29, 1.82) is 0 Å². The summed E-state index contributed by atoms with van der Waals surface area (Å²) < 4.78 is 10.4. The lowest BCUT2D eigenvalue weighted by molar-refractivity contribution is 0.197. The van der Waals surface area contributed by atoms with E-state index in [0.717, 1.165) is 42.4 Å². The Labute approximate surface area is 137 Å². The zero-order valence-corrected chi connectivity index (χ0v) is 13.9. The predicted octanol–water partition coefficient (Wildman–Crippen LogP) is 2.85. The summed E-state index contributed by atoms with van der Waals surface area (Å²) in [5.74, 6) is 2.28. The van der Waals surface area contributed by atoms with Crippen LogP contribution in [-0.4, -0.2) is 37.3 Å². The molecule has 23 heavy (non-hydrogen) atoms. The van der Waals surface area contributed by atoms with E-state index in [1.54, 1.807) is 14.2 Å². The Balaban J connectivity index is 1.98. The largest absolute Gasteiger partial charge is 0.496 e. The monoisotopic (exact) mass is 316 g/mol. The number of ether oxygens (including phenoxy) is 2. The van der Waals surface area contributed by atoms with Gasteiger partial charge in [0.2, 0.25) is 5.95 Å². The number of nitrogens with one attached hydrogen (secondary N) is 2. The summed E-state index contributed by atoms with van der Waals surface area (Å²) in [7, 11) is 3.37. The molecule has 1 heterocycles. The lowest BCUT2D eigenvalue weighted by Gasteiger charge is -2.12. The summed E-state index contributed by atoms with van der Waals surface area (Å²) >= 11 is 0. The third-order valence-corrected chi connectivity index (χ3v) is 3.32. The van der Waals surface area contributed by atoms with Gasteiger partial charge < -0.3 is 20.1 Å². The molecule has 0 aliphatic rings. The molecule has 0 fully saturated rings. The molecule has 0 aliphatic heterocycles. The highest BCUT2D eigenvalue weighted by atomic mass is 16.5. The minimum Gasteiger partial charge on any atom is -0.496 e. The topological polar surface area (TPSA) is 68.3 Å². The summed E-state index contributed by atoms with van der Waals surface area (Å²) in [4.78, 5) is 8.88. The maximum atomic E-state index is 5.36. The van der Waals surface area contributed by atoms with Crippen LogP contribution in [-0.2, 0) is 11.3 Å². The lowest BCUT2D eigenvalue weighted by atomic mass is 10.2. The van der Waals surface area contributed by atoms with Crippen molar-refractivity contribution < 1.29 is 9.47 Å². The number of methoxy groups -OCH3 is 2. The van der Waals surface area contributed by atoms with Crippen molar-refractivity contribution in [3.8, 4) is 5.75 Å². The van der Waals surface area contributed by atoms with Crippen LogP contribution in [0.1, 0.15) is 17.7 Å². The highest BCUT2D eigenvalue weighted by Crippen LogP contribution is 2.19. The Morgan fingerprint density at radius 2 is 1.91 bits per heavy atom. The fraction of sp³-hybridized carbons (Fsp3) is 0.412. The second-order valence-corrected chi connectivity index (χ2v) is 5.16. The van der Waals surface area contributed by atoms with Gasteiger partial charge in [0.05, 0.1) is 7.11 Å². The smallest absolute Gasteiger partial charge is 0.224 e. The predicted molar refractivity (Wildman–Crippen MR) is 92.1 cm³/mol. The third-order valence-electron chi connectivity index (χ3n) is 3.32. The van der Waals surface area contributed by atoms with Crippen LogP contribution in [0.3, 0.4) is 0 Å².